The van der Waals surface area contributed by atoms with Crippen LogP contribution in [0.25, 0.3) is 0 Å². The maximum absolute atomic E-state index is 14.1. The second kappa shape index (κ2) is 12.2. The van der Waals surface area contributed by atoms with Gasteiger partial charge >= 0.3 is 13.6 Å². The van der Waals surface area contributed by atoms with Crippen molar-refractivity contribution in [1.29, 1.82) is 0 Å². The second-order valence-corrected chi connectivity index (χ2v) is 13.5. The molecule has 3 N–H and O–H groups in total. The fourth-order valence-electron chi connectivity index (χ4n) is 3.58. The summed E-state index contributed by atoms with van der Waals surface area (Å²) in [6.07, 6.45) is -4.68. The Kier molecular flexibility index (Phi) is 8.92. The molecule has 0 amide bonds. The molecule has 1 aliphatic heterocycles. The van der Waals surface area contributed by atoms with E-state index in [4.69, 9.17) is 45.1 Å². The Labute approximate surface area is 239 Å². The highest BCUT2D eigenvalue weighted by Crippen LogP contribution is 2.51. The van der Waals surface area contributed by atoms with E-state index in [0.717, 1.165) is 10.6 Å². The molecule has 1 fully saturated rings. The van der Waals surface area contributed by atoms with Crippen LogP contribution in [0, 0.1) is 16.1 Å². The van der Waals surface area contributed by atoms with Crippen molar-refractivity contribution in [2.45, 2.75) is 58.7 Å². The van der Waals surface area contributed by atoms with Crippen LogP contribution in [0.2, 0.25) is 5.02 Å². The molecule has 0 aliphatic carbocycles. The number of ether oxygens (including phenoxy) is 2. The van der Waals surface area contributed by atoms with Crippen molar-refractivity contribution in [3.8, 4) is 5.75 Å². The third-order valence-electron chi connectivity index (χ3n) is 5.68. The Bertz CT molecular complexity index is 1410. The number of halogens is 1. The predicted octanol–water partition coefficient (Wildman–Crippen LogP) is 4.08. The Morgan fingerprint density at radius 1 is 1.36 bits per heavy atom. The molecule has 3 rings (SSSR count). The van der Waals surface area contributed by atoms with E-state index < -0.39 is 61.8 Å². The molecule has 1 aliphatic rings. The Balaban J connectivity index is 1.91. The SMILES string of the molecule is [2H]C([2H])(O[P@](=O)(C[C@@H](C)C(=O)OCC(C)(C)C)Oc1ccc(Cl)cc1)[C@H]1O[C@@H](n2ccc(=O)[nH]c2=S)C(C)(O)[C@H]1O. The molecule has 216 valence electrons. The second-order valence-electron chi connectivity index (χ2n) is 10.7. The zero-order valence-electron chi connectivity index (χ0n) is 24.1. The molecule has 1 aromatic carbocycles. The fraction of sp³-hybridized carbons (Fsp3) is 0.560. The molecule has 0 spiro atoms. The predicted molar refractivity (Wildman–Crippen MR) is 147 cm³/mol. The number of benzene rings is 1. The summed E-state index contributed by atoms with van der Waals surface area (Å²) in [4.78, 5) is 26.6. The molecule has 0 saturated carbocycles. The molecule has 0 bridgehead atoms. The number of aromatic amines is 1. The van der Waals surface area contributed by atoms with Gasteiger partial charge < -0.3 is 24.2 Å². The van der Waals surface area contributed by atoms with E-state index in [1.807, 2.05) is 20.8 Å². The minimum absolute atomic E-state index is 0.0149. The third-order valence-corrected chi connectivity index (χ3v) is 8.11. The number of carbonyl (C=O) groups excluding carboxylic acids is 1. The van der Waals surface area contributed by atoms with E-state index in [1.54, 1.807) is 0 Å². The van der Waals surface area contributed by atoms with Crippen LogP contribution < -0.4 is 10.1 Å². The van der Waals surface area contributed by atoms with Gasteiger partial charge in [0.05, 0.1) is 28.0 Å². The average molecular weight is 607 g/mol. The number of nitrogens with zero attached hydrogens (tertiary/aromatic N) is 1. The van der Waals surface area contributed by atoms with Gasteiger partial charge in [-0.15, -0.1) is 0 Å². The first kappa shape index (κ1) is 28.5. The van der Waals surface area contributed by atoms with Crippen LogP contribution in [-0.2, 0) is 23.4 Å². The standard InChI is InChI=1S/C25H34ClN2O9PS/c1-15(21(31)34-14-24(2,3)4)13-38(33,37-17-8-6-16(26)7-9-17)35-12-18-20(30)25(5,32)22(36-18)28-11-10-19(29)27-23(28)39/h6-11,15,18,20,22,30,32H,12-14H2,1-5H3,(H,27,29,39)/t15-,18-,20+,22-,25?,38-/m1/s1/i12D2. The van der Waals surface area contributed by atoms with E-state index in [0.29, 0.717) is 5.02 Å². The zero-order chi connectivity index (χ0) is 31.0. The van der Waals surface area contributed by atoms with Gasteiger partial charge in [0.1, 0.15) is 23.6 Å². The van der Waals surface area contributed by atoms with E-state index >= 15 is 0 Å². The van der Waals surface area contributed by atoms with Gasteiger partial charge in [-0.1, -0.05) is 39.3 Å². The quantitative estimate of drug-likeness (QED) is 0.205. The molecule has 39 heavy (non-hydrogen) atoms. The molecule has 6 atom stereocenters. The van der Waals surface area contributed by atoms with E-state index in [1.165, 1.54) is 44.3 Å². The van der Waals surface area contributed by atoms with Crippen molar-refractivity contribution < 1.29 is 40.8 Å². The summed E-state index contributed by atoms with van der Waals surface area (Å²) < 4.78 is 54.3. The summed E-state index contributed by atoms with van der Waals surface area (Å²) >= 11 is 11.1. The van der Waals surface area contributed by atoms with Crippen LogP contribution in [-0.4, -0.2) is 62.9 Å². The summed E-state index contributed by atoms with van der Waals surface area (Å²) in [5, 5.41) is 22.4. The lowest BCUT2D eigenvalue weighted by Crippen LogP contribution is -2.44. The molecule has 1 unspecified atom stereocenters. The van der Waals surface area contributed by atoms with Crippen LogP contribution in [0.3, 0.4) is 0 Å². The minimum Gasteiger partial charge on any atom is -0.465 e. The number of H-pyrrole nitrogens is 1. The fourth-order valence-corrected chi connectivity index (χ4v) is 5.67. The summed E-state index contributed by atoms with van der Waals surface area (Å²) in [6, 6.07) is 6.79. The first-order chi connectivity index (χ1) is 18.7. The molecule has 1 saturated heterocycles. The lowest BCUT2D eigenvalue weighted by molar-refractivity contribution is -0.150. The third kappa shape index (κ3) is 8.23. The largest absolute Gasteiger partial charge is 0.465 e. The molecular weight excluding hydrogens is 571 g/mol. The van der Waals surface area contributed by atoms with Gasteiger partial charge in [0.25, 0.3) is 5.56 Å². The number of esters is 1. The van der Waals surface area contributed by atoms with Crippen LogP contribution in [0.15, 0.2) is 41.3 Å². The molecule has 14 heteroatoms. The molecule has 2 aromatic rings. The van der Waals surface area contributed by atoms with Gasteiger partial charge in [0.2, 0.25) is 0 Å². The average Bonchev–Trinajstić information content (AvgIpc) is 3.07. The van der Waals surface area contributed by atoms with E-state index in [2.05, 4.69) is 4.98 Å². The molecule has 1 aromatic heterocycles. The topological polar surface area (TPSA) is 149 Å². The Hall–Kier alpha value is -2.05. The van der Waals surface area contributed by atoms with Gasteiger partial charge in [-0.25, -0.2) is 4.57 Å². The number of hydrogen-bond donors (Lipinski definition) is 3. The van der Waals surface area contributed by atoms with Crippen molar-refractivity contribution in [1.82, 2.24) is 9.55 Å². The van der Waals surface area contributed by atoms with Crippen molar-refractivity contribution in [2.24, 2.45) is 11.3 Å². The summed E-state index contributed by atoms with van der Waals surface area (Å²) in [5.41, 5.74) is -2.98. The number of hydrogen-bond acceptors (Lipinski definition) is 10. The highest BCUT2D eigenvalue weighted by atomic mass is 35.5. The summed E-state index contributed by atoms with van der Waals surface area (Å²) in [5.74, 6) is -1.73. The molecular formula is C25H34ClN2O9PS. The summed E-state index contributed by atoms with van der Waals surface area (Å²) in [7, 11) is -4.55. The van der Waals surface area contributed by atoms with Crippen molar-refractivity contribution in [3.05, 3.63) is 56.7 Å². The Morgan fingerprint density at radius 2 is 2.00 bits per heavy atom. The zero-order valence-corrected chi connectivity index (χ0v) is 24.6. The number of rotatable bonds is 10. The van der Waals surface area contributed by atoms with Gasteiger partial charge in [0.15, 0.2) is 11.0 Å². The van der Waals surface area contributed by atoms with Crippen molar-refractivity contribution in [2.75, 3.05) is 19.3 Å². The summed E-state index contributed by atoms with van der Waals surface area (Å²) in [6.45, 7) is 5.26. The normalized spacial score (nSPS) is 26.7. The lowest BCUT2D eigenvalue weighted by atomic mass is 9.96. The van der Waals surface area contributed by atoms with Crippen molar-refractivity contribution in [3.63, 3.8) is 0 Å². The van der Waals surface area contributed by atoms with E-state index in [9.17, 15) is 24.4 Å². The first-order valence-corrected chi connectivity index (χ1v) is 14.5. The number of carbonyl (C=O) groups is 1. The van der Waals surface area contributed by atoms with Gasteiger partial charge in [-0.3, -0.25) is 23.7 Å². The highest BCUT2D eigenvalue weighted by molar-refractivity contribution is 7.71. The lowest BCUT2D eigenvalue weighted by Gasteiger charge is -2.28. The molecule has 0 radical (unpaired) electrons. The first-order valence-electron chi connectivity index (χ1n) is 13.0. The molecule has 11 nitrogen and oxygen atoms in total. The van der Waals surface area contributed by atoms with Gasteiger partial charge in [-0.05, 0) is 48.8 Å². The molecule has 2 heterocycles. The maximum Gasteiger partial charge on any atom is 0.380 e. The smallest absolute Gasteiger partial charge is 0.380 e. The number of nitrogens with one attached hydrogen (secondary N) is 1. The van der Waals surface area contributed by atoms with Crippen LogP contribution >= 0.6 is 31.4 Å². The maximum atomic E-state index is 14.1. The Morgan fingerprint density at radius 3 is 2.59 bits per heavy atom. The monoisotopic (exact) mass is 606 g/mol. The minimum atomic E-state index is -4.55. The number of aliphatic hydroxyl groups excluding tert-OH is 1. The van der Waals surface area contributed by atoms with E-state index in [-0.39, 0.29) is 22.5 Å². The number of aliphatic hydroxyl groups is 2. The van der Waals surface area contributed by atoms with Crippen LogP contribution in [0.4, 0.5) is 0 Å². The highest BCUT2D eigenvalue weighted by Gasteiger charge is 2.53. The van der Waals surface area contributed by atoms with Gasteiger partial charge in [-0.2, -0.15) is 0 Å². The van der Waals surface area contributed by atoms with Crippen molar-refractivity contribution >= 4 is 37.4 Å². The van der Waals surface area contributed by atoms with Gasteiger partial charge in [0, 0.05) is 17.3 Å². The number of aromatic nitrogens is 2. The van der Waals surface area contributed by atoms with Crippen LogP contribution in [0.5, 0.6) is 5.75 Å². The van der Waals surface area contributed by atoms with Crippen LogP contribution in [0.1, 0.15) is 43.6 Å².